The molecule has 1 fully saturated rings. The van der Waals surface area contributed by atoms with Crippen LogP contribution in [0.5, 0.6) is 0 Å². The average molecular weight is 389 g/mol. The van der Waals surface area contributed by atoms with Gasteiger partial charge in [-0.1, -0.05) is 24.3 Å². The van der Waals surface area contributed by atoms with Gasteiger partial charge in [0.1, 0.15) is 17.5 Å². The molecule has 0 bridgehead atoms. The molecule has 1 aliphatic rings. The molecule has 2 aromatic carbocycles. The average Bonchev–Trinajstić information content (AvgIpc) is 3.10. The molecule has 2 aromatic heterocycles. The Morgan fingerprint density at radius 1 is 1.10 bits per heavy atom. The van der Waals surface area contributed by atoms with Crippen LogP contribution in [0.25, 0.3) is 10.9 Å². The fraction of sp³-hybridized carbons (Fsp3) is 0.227. The zero-order chi connectivity index (χ0) is 20.0. The smallest absolute Gasteiger partial charge is 0.153 e. The Balaban J connectivity index is 1.66. The van der Waals surface area contributed by atoms with E-state index in [4.69, 9.17) is 9.97 Å². The van der Waals surface area contributed by atoms with Gasteiger partial charge in [0, 0.05) is 17.1 Å². The lowest BCUT2D eigenvalue weighted by atomic mass is 9.62. The number of aliphatic hydroxyl groups is 1. The Hall–Kier alpha value is -3.32. The number of nitrogens with zero attached hydrogens (tertiary/aromatic N) is 3. The molecule has 4 aromatic rings. The standard InChI is InChI=1S/C22H20FN5O/c1-13-10-19(28-27-13)25-20-17-4-2-3-5-18(17)24-21(26-20)22(11-16(29)12-22)14-6-8-15(23)9-7-14/h2-10,16,29H,11-12H2,1H3,(H2,24,25,26,27,28)/t16-,22-. The zero-order valence-electron chi connectivity index (χ0n) is 15.9. The number of aryl methyl sites for hydroxylation is 1. The van der Waals surface area contributed by atoms with Crippen LogP contribution in [0.2, 0.25) is 0 Å². The van der Waals surface area contributed by atoms with Crippen molar-refractivity contribution in [3.05, 3.63) is 77.5 Å². The highest BCUT2D eigenvalue weighted by atomic mass is 19.1. The van der Waals surface area contributed by atoms with E-state index in [0.29, 0.717) is 30.3 Å². The molecule has 0 radical (unpaired) electrons. The Kier molecular flexibility index (Phi) is 4.06. The van der Waals surface area contributed by atoms with Crippen LogP contribution in [0.1, 0.15) is 29.9 Å². The largest absolute Gasteiger partial charge is 0.393 e. The number of hydrogen-bond acceptors (Lipinski definition) is 5. The molecule has 29 heavy (non-hydrogen) atoms. The van der Waals surface area contributed by atoms with E-state index >= 15 is 0 Å². The van der Waals surface area contributed by atoms with Crippen molar-refractivity contribution >= 4 is 22.5 Å². The van der Waals surface area contributed by atoms with Crippen LogP contribution in [0.15, 0.2) is 54.6 Å². The topological polar surface area (TPSA) is 86.7 Å². The molecule has 0 saturated heterocycles. The van der Waals surface area contributed by atoms with Crippen molar-refractivity contribution in [2.45, 2.75) is 31.3 Å². The van der Waals surface area contributed by atoms with E-state index < -0.39 is 11.5 Å². The van der Waals surface area contributed by atoms with Crippen LogP contribution >= 0.6 is 0 Å². The van der Waals surface area contributed by atoms with E-state index in [9.17, 15) is 9.50 Å². The number of benzene rings is 2. The third kappa shape index (κ3) is 3.03. The minimum atomic E-state index is -0.547. The molecule has 0 aliphatic heterocycles. The number of H-pyrrole nitrogens is 1. The summed E-state index contributed by atoms with van der Waals surface area (Å²) in [7, 11) is 0. The van der Waals surface area contributed by atoms with Crippen LogP contribution in [0.4, 0.5) is 16.0 Å². The van der Waals surface area contributed by atoms with Crippen LogP contribution in [0, 0.1) is 12.7 Å². The van der Waals surface area contributed by atoms with Gasteiger partial charge < -0.3 is 10.4 Å². The van der Waals surface area contributed by atoms with Gasteiger partial charge in [-0.15, -0.1) is 0 Å². The van der Waals surface area contributed by atoms with Crippen molar-refractivity contribution in [3.63, 3.8) is 0 Å². The maximum absolute atomic E-state index is 13.5. The second kappa shape index (κ2) is 6.63. The Morgan fingerprint density at radius 2 is 1.86 bits per heavy atom. The quantitative estimate of drug-likeness (QED) is 0.491. The summed E-state index contributed by atoms with van der Waals surface area (Å²) >= 11 is 0. The van der Waals surface area contributed by atoms with Gasteiger partial charge in [0.15, 0.2) is 5.82 Å². The lowest BCUT2D eigenvalue weighted by Crippen LogP contribution is -2.46. The maximum atomic E-state index is 13.5. The third-order valence-corrected chi connectivity index (χ3v) is 5.55. The molecule has 1 saturated carbocycles. The molecule has 2 heterocycles. The number of hydrogen-bond donors (Lipinski definition) is 3. The van der Waals surface area contributed by atoms with Crippen molar-refractivity contribution in [2.24, 2.45) is 0 Å². The van der Waals surface area contributed by atoms with Crippen molar-refractivity contribution < 1.29 is 9.50 Å². The number of anilines is 2. The van der Waals surface area contributed by atoms with Gasteiger partial charge >= 0.3 is 0 Å². The predicted octanol–water partition coefficient (Wildman–Crippen LogP) is 3.98. The van der Waals surface area contributed by atoms with E-state index in [1.807, 2.05) is 37.3 Å². The highest BCUT2D eigenvalue weighted by molar-refractivity contribution is 5.90. The summed E-state index contributed by atoms with van der Waals surface area (Å²) in [5, 5.41) is 21.4. The van der Waals surface area contributed by atoms with Gasteiger partial charge in [0.2, 0.25) is 0 Å². The first kappa shape index (κ1) is 17.8. The Bertz CT molecular complexity index is 1180. The Labute approximate surface area is 166 Å². The van der Waals surface area contributed by atoms with Crippen molar-refractivity contribution in [1.29, 1.82) is 0 Å². The summed E-state index contributed by atoms with van der Waals surface area (Å²) in [5.41, 5.74) is 2.10. The SMILES string of the molecule is Cc1cc(Nc2nc([C@]3(c4ccc(F)cc4)C[C@@H](O)C3)nc3ccccc23)n[nH]1. The van der Waals surface area contributed by atoms with E-state index in [2.05, 4.69) is 15.5 Å². The number of fused-ring (bicyclic) bond motifs is 1. The molecule has 3 N–H and O–H groups in total. The normalized spacial score (nSPS) is 21.1. The summed E-state index contributed by atoms with van der Waals surface area (Å²) in [5.74, 6) is 1.64. The van der Waals surface area contributed by atoms with E-state index in [1.165, 1.54) is 12.1 Å². The number of rotatable bonds is 4. The summed E-state index contributed by atoms with van der Waals surface area (Å²) in [4.78, 5) is 9.68. The van der Waals surface area contributed by atoms with Crippen LogP contribution in [-0.2, 0) is 5.41 Å². The van der Waals surface area contributed by atoms with Gasteiger partial charge in [0.05, 0.1) is 17.0 Å². The zero-order valence-corrected chi connectivity index (χ0v) is 15.9. The highest BCUT2D eigenvalue weighted by Crippen LogP contribution is 2.48. The second-order valence-corrected chi connectivity index (χ2v) is 7.63. The lowest BCUT2D eigenvalue weighted by molar-refractivity contribution is 0.0338. The minimum Gasteiger partial charge on any atom is -0.393 e. The molecular weight excluding hydrogens is 369 g/mol. The molecule has 7 heteroatoms. The summed E-state index contributed by atoms with van der Waals surface area (Å²) in [6.07, 6.45) is 0.566. The van der Waals surface area contributed by atoms with Crippen molar-refractivity contribution in [1.82, 2.24) is 20.2 Å². The molecule has 1 aliphatic carbocycles. The Morgan fingerprint density at radius 3 is 2.55 bits per heavy atom. The fourth-order valence-corrected chi connectivity index (χ4v) is 4.05. The van der Waals surface area contributed by atoms with Gasteiger partial charge in [0.25, 0.3) is 0 Å². The molecule has 6 nitrogen and oxygen atoms in total. The summed E-state index contributed by atoms with van der Waals surface area (Å²) < 4.78 is 13.5. The first-order valence-electron chi connectivity index (χ1n) is 9.54. The first-order chi connectivity index (χ1) is 14.0. The van der Waals surface area contributed by atoms with Gasteiger partial charge in [-0.2, -0.15) is 5.10 Å². The maximum Gasteiger partial charge on any atom is 0.153 e. The van der Waals surface area contributed by atoms with E-state index in [-0.39, 0.29) is 5.82 Å². The second-order valence-electron chi connectivity index (χ2n) is 7.63. The number of aromatic amines is 1. The van der Waals surface area contributed by atoms with Gasteiger partial charge in [-0.3, -0.25) is 5.10 Å². The number of aromatic nitrogens is 4. The fourth-order valence-electron chi connectivity index (χ4n) is 4.05. The monoisotopic (exact) mass is 389 g/mol. The lowest BCUT2D eigenvalue weighted by Gasteiger charge is -2.44. The molecular formula is C22H20FN5O. The van der Waals surface area contributed by atoms with Crippen LogP contribution < -0.4 is 5.32 Å². The van der Waals surface area contributed by atoms with Crippen LogP contribution in [0.3, 0.4) is 0 Å². The van der Waals surface area contributed by atoms with Crippen molar-refractivity contribution in [2.75, 3.05) is 5.32 Å². The first-order valence-corrected chi connectivity index (χ1v) is 9.54. The van der Waals surface area contributed by atoms with E-state index in [0.717, 1.165) is 22.2 Å². The number of halogens is 1. The predicted molar refractivity (Wildman–Crippen MR) is 109 cm³/mol. The van der Waals surface area contributed by atoms with Crippen LogP contribution in [-0.4, -0.2) is 31.4 Å². The number of aliphatic hydroxyl groups excluding tert-OH is 1. The van der Waals surface area contributed by atoms with Crippen molar-refractivity contribution in [3.8, 4) is 0 Å². The molecule has 5 rings (SSSR count). The molecule has 146 valence electrons. The summed E-state index contributed by atoms with van der Waals surface area (Å²) in [6, 6.07) is 16.1. The molecule has 0 atom stereocenters. The van der Waals surface area contributed by atoms with Gasteiger partial charge in [-0.25, -0.2) is 14.4 Å². The summed E-state index contributed by atoms with van der Waals surface area (Å²) in [6.45, 7) is 1.93. The van der Waals surface area contributed by atoms with Gasteiger partial charge in [-0.05, 0) is 49.6 Å². The van der Waals surface area contributed by atoms with E-state index in [1.54, 1.807) is 12.1 Å². The molecule has 0 unspecified atom stereocenters. The number of para-hydroxylation sites is 1. The third-order valence-electron chi connectivity index (χ3n) is 5.55. The minimum absolute atomic E-state index is 0.292. The number of nitrogens with one attached hydrogen (secondary N) is 2. The highest BCUT2D eigenvalue weighted by Gasteiger charge is 2.49. The molecule has 0 spiro atoms. The molecule has 0 amide bonds.